The van der Waals surface area contributed by atoms with E-state index >= 15 is 0 Å². The number of ketones is 1. The quantitative estimate of drug-likeness (QED) is 0.683. The van der Waals surface area contributed by atoms with Crippen molar-refractivity contribution in [3.05, 3.63) is 36.8 Å². The lowest BCUT2D eigenvalue weighted by molar-refractivity contribution is 0.103. The van der Waals surface area contributed by atoms with Crippen molar-refractivity contribution in [2.24, 2.45) is 0 Å². The van der Waals surface area contributed by atoms with Crippen molar-refractivity contribution in [1.82, 2.24) is 0 Å². The van der Waals surface area contributed by atoms with Crippen LogP contribution in [0.4, 0.5) is 0 Å². The fourth-order valence-electron chi connectivity index (χ4n) is 1.42. The molecular formula is C12H13O2. The van der Waals surface area contributed by atoms with Crippen molar-refractivity contribution in [3.63, 3.8) is 0 Å². The van der Waals surface area contributed by atoms with Crippen LogP contribution in [0.15, 0.2) is 24.3 Å². The van der Waals surface area contributed by atoms with Gasteiger partial charge in [0.25, 0.3) is 0 Å². The molecular weight excluding hydrogens is 176 g/mol. The van der Waals surface area contributed by atoms with Gasteiger partial charge in [0.15, 0.2) is 5.78 Å². The molecule has 0 spiro atoms. The van der Waals surface area contributed by atoms with Crippen LogP contribution in [0, 0.1) is 6.92 Å². The number of rotatable bonds is 3. The minimum absolute atomic E-state index is 0.163. The van der Waals surface area contributed by atoms with Gasteiger partial charge in [0, 0.05) is 12.5 Å². The van der Waals surface area contributed by atoms with E-state index in [9.17, 15) is 4.79 Å². The van der Waals surface area contributed by atoms with E-state index in [4.69, 9.17) is 4.74 Å². The maximum absolute atomic E-state index is 11.0. The van der Waals surface area contributed by atoms with E-state index in [-0.39, 0.29) is 5.78 Å². The molecule has 0 saturated heterocycles. The molecule has 2 heteroatoms. The summed E-state index contributed by atoms with van der Waals surface area (Å²) in [7, 11) is 0. The molecule has 0 aliphatic heterocycles. The Bertz CT molecular complexity index is 340. The lowest BCUT2D eigenvalue weighted by Crippen LogP contribution is -2.24. The highest BCUT2D eigenvalue weighted by Crippen LogP contribution is 2.25. The summed E-state index contributed by atoms with van der Waals surface area (Å²) in [5.74, 6) is 0.619. The van der Waals surface area contributed by atoms with Crippen LogP contribution < -0.4 is 4.74 Å². The Kier molecular flexibility index (Phi) is 2.53. The monoisotopic (exact) mass is 189 g/mol. The Morgan fingerprint density at radius 2 is 2.21 bits per heavy atom. The van der Waals surface area contributed by atoms with Crippen LogP contribution in [-0.4, -0.2) is 11.9 Å². The predicted molar refractivity (Wildman–Crippen MR) is 54.4 cm³/mol. The van der Waals surface area contributed by atoms with Crippen LogP contribution >= 0.6 is 0 Å². The number of hydrogen-bond donors (Lipinski definition) is 0. The summed E-state index contributed by atoms with van der Waals surface area (Å²) in [5.41, 5.74) is 0.613. The number of carbonyl (C=O) groups is 1. The highest BCUT2D eigenvalue weighted by molar-refractivity contribution is 5.99. The molecule has 2 nitrogen and oxygen atoms in total. The molecule has 1 fully saturated rings. The molecule has 1 aliphatic carbocycles. The van der Waals surface area contributed by atoms with Gasteiger partial charge in [0.05, 0.1) is 6.10 Å². The van der Waals surface area contributed by atoms with Gasteiger partial charge in [-0.2, -0.15) is 0 Å². The summed E-state index contributed by atoms with van der Waals surface area (Å²) in [6.07, 6.45) is 3.86. The van der Waals surface area contributed by atoms with Gasteiger partial charge >= 0.3 is 0 Å². The molecule has 0 aromatic heterocycles. The zero-order valence-electron chi connectivity index (χ0n) is 8.03. The van der Waals surface area contributed by atoms with Crippen molar-refractivity contribution >= 4 is 5.78 Å². The zero-order valence-corrected chi connectivity index (χ0v) is 8.03. The summed E-state index contributed by atoms with van der Waals surface area (Å²) >= 11 is 0. The van der Waals surface area contributed by atoms with Crippen molar-refractivity contribution in [1.29, 1.82) is 0 Å². The van der Waals surface area contributed by atoms with Gasteiger partial charge in [-0.1, -0.05) is 12.1 Å². The number of hydrogen-bond acceptors (Lipinski definition) is 2. The van der Waals surface area contributed by atoms with Gasteiger partial charge < -0.3 is 4.74 Å². The Morgan fingerprint density at radius 1 is 1.43 bits per heavy atom. The standard InChI is InChI=1S/C12H13O2/c1-9(13)10-4-2-7-12(8-10)14-11-5-3-6-11/h2,4,7-8,11H,1,3,5-6H2. The average molecular weight is 189 g/mol. The fourth-order valence-corrected chi connectivity index (χ4v) is 1.42. The van der Waals surface area contributed by atoms with Crippen molar-refractivity contribution in [3.8, 4) is 5.75 Å². The van der Waals surface area contributed by atoms with E-state index in [2.05, 4.69) is 6.92 Å². The summed E-state index contributed by atoms with van der Waals surface area (Å²) in [4.78, 5) is 11.0. The third-order valence-electron chi connectivity index (χ3n) is 2.51. The van der Waals surface area contributed by atoms with Crippen molar-refractivity contribution < 1.29 is 9.53 Å². The Balaban J connectivity index is 2.09. The second-order valence-electron chi connectivity index (χ2n) is 3.62. The topological polar surface area (TPSA) is 26.3 Å². The molecule has 0 heterocycles. The summed E-state index contributed by atoms with van der Waals surface area (Å²) < 4.78 is 5.66. The molecule has 1 radical (unpaired) electrons. The molecule has 0 amide bonds. The van der Waals surface area contributed by atoms with Crippen LogP contribution in [0.1, 0.15) is 29.6 Å². The first kappa shape index (κ1) is 9.25. The lowest BCUT2D eigenvalue weighted by Gasteiger charge is -2.26. The first-order chi connectivity index (χ1) is 6.75. The molecule has 0 unspecified atom stereocenters. The minimum atomic E-state index is -0.163. The van der Waals surface area contributed by atoms with E-state index in [1.165, 1.54) is 6.42 Å². The van der Waals surface area contributed by atoms with E-state index in [0.29, 0.717) is 11.7 Å². The van der Waals surface area contributed by atoms with Gasteiger partial charge in [0.1, 0.15) is 5.75 Å². The van der Waals surface area contributed by atoms with Crippen molar-refractivity contribution in [2.45, 2.75) is 25.4 Å². The highest BCUT2D eigenvalue weighted by Gasteiger charge is 2.19. The van der Waals surface area contributed by atoms with E-state index in [1.54, 1.807) is 12.1 Å². The average Bonchev–Trinajstić information content (AvgIpc) is 2.12. The van der Waals surface area contributed by atoms with E-state index in [0.717, 1.165) is 18.6 Å². The number of ether oxygens (including phenoxy) is 1. The lowest BCUT2D eigenvalue weighted by atomic mass is 9.96. The highest BCUT2D eigenvalue weighted by atomic mass is 16.5. The summed E-state index contributed by atoms with van der Waals surface area (Å²) in [6, 6.07) is 7.22. The molecule has 0 bridgehead atoms. The molecule has 2 rings (SSSR count). The Hall–Kier alpha value is -1.31. The van der Waals surface area contributed by atoms with Gasteiger partial charge in [-0.15, -0.1) is 0 Å². The largest absolute Gasteiger partial charge is 0.490 e. The first-order valence-corrected chi connectivity index (χ1v) is 4.89. The van der Waals surface area contributed by atoms with Gasteiger partial charge in [0.2, 0.25) is 0 Å². The zero-order chi connectivity index (χ0) is 9.97. The SMILES string of the molecule is [CH2]C(=O)c1cccc(OC2CCC2)c1. The Morgan fingerprint density at radius 3 is 2.79 bits per heavy atom. The van der Waals surface area contributed by atoms with Crippen LogP contribution in [0.5, 0.6) is 5.75 Å². The fraction of sp³-hybridized carbons (Fsp3) is 0.333. The maximum atomic E-state index is 11.0. The van der Waals surface area contributed by atoms with Gasteiger partial charge in [-0.25, -0.2) is 0 Å². The van der Waals surface area contributed by atoms with Crippen LogP contribution in [-0.2, 0) is 0 Å². The van der Waals surface area contributed by atoms with E-state index in [1.807, 2.05) is 12.1 Å². The predicted octanol–water partition coefficient (Wildman–Crippen LogP) is 2.63. The van der Waals surface area contributed by atoms with Gasteiger partial charge in [-0.05, 0) is 31.4 Å². The molecule has 1 aromatic rings. The molecule has 0 N–H and O–H groups in total. The molecule has 73 valence electrons. The molecule has 14 heavy (non-hydrogen) atoms. The molecule has 1 aliphatic rings. The first-order valence-electron chi connectivity index (χ1n) is 4.89. The van der Waals surface area contributed by atoms with Crippen LogP contribution in [0.2, 0.25) is 0 Å². The molecule has 1 aromatic carbocycles. The third kappa shape index (κ3) is 1.95. The van der Waals surface area contributed by atoms with Crippen molar-refractivity contribution in [2.75, 3.05) is 0 Å². The normalized spacial score (nSPS) is 16.1. The second kappa shape index (κ2) is 3.82. The molecule has 0 atom stereocenters. The maximum Gasteiger partial charge on any atom is 0.163 e. The van der Waals surface area contributed by atoms with Crippen LogP contribution in [0.25, 0.3) is 0 Å². The second-order valence-corrected chi connectivity index (χ2v) is 3.62. The summed E-state index contributed by atoms with van der Waals surface area (Å²) in [6.45, 7) is 3.37. The number of benzene rings is 1. The Labute approximate surface area is 83.9 Å². The number of carbonyl (C=O) groups excluding carboxylic acids is 1. The third-order valence-corrected chi connectivity index (χ3v) is 2.51. The molecule has 1 saturated carbocycles. The summed E-state index contributed by atoms with van der Waals surface area (Å²) in [5, 5.41) is 0. The number of Topliss-reactive ketones (excluding diaryl/α,β-unsaturated/α-hetero) is 1. The van der Waals surface area contributed by atoms with Crippen LogP contribution in [0.3, 0.4) is 0 Å². The smallest absolute Gasteiger partial charge is 0.163 e. The van der Waals surface area contributed by atoms with E-state index < -0.39 is 0 Å². The minimum Gasteiger partial charge on any atom is -0.490 e. The van der Waals surface area contributed by atoms with Gasteiger partial charge in [-0.3, -0.25) is 4.79 Å².